The number of nitrogens with zero attached hydrogens (tertiary/aromatic N) is 3. The Balaban J connectivity index is 1.86. The predicted molar refractivity (Wildman–Crippen MR) is 117 cm³/mol. The molecule has 3 aromatic rings. The van der Waals surface area contributed by atoms with Gasteiger partial charge in [-0.2, -0.15) is 0 Å². The summed E-state index contributed by atoms with van der Waals surface area (Å²) in [6, 6.07) is 0. The fourth-order valence-electron chi connectivity index (χ4n) is 4.02. The minimum atomic E-state index is -0.159. The maximum Gasteiger partial charge on any atom is 0.147 e. The van der Waals surface area contributed by atoms with Gasteiger partial charge in [0.05, 0.1) is 22.4 Å². The van der Waals surface area contributed by atoms with Crippen molar-refractivity contribution in [1.29, 1.82) is 0 Å². The lowest BCUT2D eigenvalue weighted by Crippen LogP contribution is -2.32. The second-order valence-corrected chi connectivity index (χ2v) is 9.31. The highest BCUT2D eigenvalue weighted by atomic mass is 32.1. The number of rotatable bonds is 7. The predicted octanol–water partition coefficient (Wildman–Crippen LogP) is 5.65. The van der Waals surface area contributed by atoms with Crippen LogP contribution in [-0.2, 0) is 24.2 Å². The number of nitrogens with one attached hydrogen (secondary N) is 1. The number of ether oxygens (including phenoxy) is 1. The Morgan fingerprint density at radius 2 is 2.00 bits per heavy atom. The van der Waals surface area contributed by atoms with Crippen LogP contribution >= 0.6 is 11.3 Å². The fraction of sp³-hybridized carbons (Fsp3) is 0.591. The van der Waals surface area contributed by atoms with Gasteiger partial charge >= 0.3 is 0 Å². The van der Waals surface area contributed by atoms with Crippen molar-refractivity contribution >= 4 is 37.6 Å². The third-order valence-corrected chi connectivity index (χ3v) is 6.55. The van der Waals surface area contributed by atoms with Crippen molar-refractivity contribution in [3.63, 3.8) is 0 Å². The van der Waals surface area contributed by atoms with E-state index in [-0.39, 0.29) is 5.60 Å². The average molecular weight is 399 g/mol. The summed E-state index contributed by atoms with van der Waals surface area (Å²) < 4.78 is 7.26. The molecule has 0 radical (unpaired) electrons. The molecule has 6 heteroatoms. The van der Waals surface area contributed by atoms with Gasteiger partial charge in [-0.05, 0) is 32.3 Å². The molecule has 0 aliphatic carbocycles. The maximum absolute atomic E-state index is 6.13. The highest BCUT2D eigenvalue weighted by Crippen LogP contribution is 2.42. The first-order valence-corrected chi connectivity index (χ1v) is 11.3. The maximum atomic E-state index is 6.13. The van der Waals surface area contributed by atoms with Gasteiger partial charge in [0.2, 0.25) is 0 Å². The van der Waals surface area contributed by atoms with Crippen LogP contribution < -0.4 is 5.32 Å². The number of aromatic nitrogens is 3. The van der Waals surface area contributed by atoms with Crippen molar-refractivity contribution in [2.75, 3.05) is 11.9 Å². The molecule has 3 aromatic heterocycles. The summed E-state index contributed by atoms with van der Waals surface area (Å²) in [7, 11) is 0. The molecule has 0 bridgehead atoms. The van der Waals surface area contributed by atoms with Crippen LogP contribution in [0.15, 0.2) is 6.33 Å². The van der Waals surface area contributed by atoms with E-state index in [2.05, 4.69) is 43.0 Å². The summed E-state index contributed by atoms with van der Waals surface area (Å²) in [5.74, 6) is 0.946. The van der Waals surface area contributed by atoms with Crippen LogP contribution in [0, 0.1) is 0 Å². The van der Waals surface area contributed by atoms with E-state index >= 15 is 0 Å². The number of pyridine rings is 1. The third-order valence-electron chi connectivity index (χ3n) is 5.47. The molecule has 0 aromatic carbocycles. The van der Waals surface area contributed by atoms with E-state index in [4.69, 9.17) is 9.72 Å². The lowest BCUT2D eigenvalue weighted by Gasteiger charge is -2.33. The summed E-state index contributed by atoms with van der Waals surface area (Å²) in [6.07, 6.45) is 8.27. The van der Waals surface area contributed by atoms with Gasteiger partial charge < -0.3 is 10.1 Å². The Labute approximate surface area is 170 Å². The zero-order valence-corrected chi connectivity index (χ0v) is 18.2. The summed E-state index contributed by atoms with van der Waals surface area (Å²) in [5.41, 5.74) is 4.73. The Morgan fingerprint density at radius 1 is 1.14 bits per heavy atom. The zero-order chi connectivity index (χ0) is 19.7. The number of unbranched alkanes of at least 4 members (excludes halogenated alkanes) is 2. The SMILES string of the molecule is CCCCCNc1ncnc2c1sc1nc(CCC)c3c(c12)CC(C)(C)OC3. The Hall–Kier alpha value is -1.79. The molecule has 150 valence electrons. The van der Waals surface area contributed by atoms with E-state index in [0.717, 1.165) is 53.1 Å². The molecule has 4 heterocycles. The Kier molecular flexibility index (Phi) is 5.52. The highest BCUT2D eigenvalue weighted by Gasteiger charge is 2.31. The number of hydrogen-bond acceptors (Lipinski definition) is 6. The minimum Gasteiger partial charge on any atom is -0.370 e. The number of fused-ring (bicyclic) bond motifs is 5. The molecule has 1 aliphatic heterocycles. The third kappa shape index (κ3) is 3.60. The van der Waals surface area contributed by atoms with Gasteiger partial charge in [-0.15, -0.1) is 11.3 Å². The summed E-state index contributed by atoms with van der Waals surface area (Å²) in [6.45, 7) is 10.4. The lowest BCUT2D eigenvalue weighted by molar-refractivity contribution is -0.0401. The van der Waals surface area contributed by atoms with Crippen molar-refractivity contribution in [1.82, 2.24) is 15.0 Å². The standard InChI is InChI=1S/C22H30N4OS/c1-5-7-8-10-23-20-19-18(24-13-25-20)17-14-11-22(3,4)27-12-15(14)16(9-6-2)26-21(17)28-19/h13H,5-12H2,1-4H3,(H,23,24,25). The van der Waals surface area contributed by atoms with Crippen molar-refractivity contribution in [3.05, 3.63) is 23.1 Å². The van der Waals surface area contributed by atoms with Gasteiger partial charge in [0.1, 0.15) is 17.0 Å². The van der Waals surface area contributed by atoms with Crippen LogP contribution in [0.25, 0.3) is 20.4 Å². The monoisotopic (exact) mass is 398 g/mol. The molecule has 5 nitrogen and oxygen atoms in total. The van der Waals surface area contributed by atoms with Crippen LogP contribution in [0.3, 0.4) is 0 Å². The van der Waals surface area contributed by atoms with E-state index in [0.29, 0.717) is 6.61 Å². The van der Waals surface area contributed by atoms with E-state index < -0.39 is 0 Å². The molecule has 0 saturated carbocycles. The average Bonchev–Trinajstić information content (AvgIpc) is 3.04. The number of aryl methyl sites for hydroxylation is 1. The van der Waals surface area contributed by atoms with Gasteiger partial charge in [-0.1, -0.05) is 33.1 Å². The zero-order valence-electron chi connectivity index (χ0n) is 17.4. The van der Waals surface area contributed by atoms with Gasteiger partial charge in [0.25, 0.3) is 0 Å². The second-order valence-electron chi connectivity index (χ2n) is 8.31. The number of thiophene rings is 1. The molecular formula is C22H30N4OS. The van der Waals surface area contributed by atoms with Crippen LogP contribution in [0.5, 0.6) is 0 Å². The van der Waals surface area contributed by atoms with Gasteiger partial charge in [0, 0.05) is 29.6 Å². The minimum absolute atomic E-state index is 0.159. The van der Waals surface area contributed by atoms with Crippen molar-refractivity contribution < 1.29 is 4.74 Å². The molecule has 0 spiro atoms. The van der Waals surface area contributed by atoms with Crippen molar-refractivity contribution in [2.24, 2.45) is 0 Å². The van der Waals surface area contributed by atoms with Crippen LogP contribution in [0.1, 0.15) is 70.2 Å². The van der Waals surface area contributed by atoms with E-state index in [1.807, 2.05) is 0 Å². The van der Waals surface area contributed by atoms with Crippen molar-refractivity contribution in [2.45, 2.75) is 78.4 Å². The first kappa shape index (κ1) is 19.5. The molecule has 1 N–H and O–H groups in total. The molecule has 0 saturated heterocycles. The first-order valence-electron chi connectivity index (χ1n) is 10.5. The summed E-state index contributed by atoms with van der Waals surface area (Å²) in [5, 5.41) is 4.74. The largest absolute Gasteiger partial charge is 0.370 e. The van der Waals surface area contributed by atoms with Crippen LogP contribution in [-0.4, -0.2) is 27.1 Å². The molecule has 0 amide bonds. The smallest absolute Gasteiger partial charge is 0.147 e. The molecular weight excluding hydrogens is 368 g/mol. The summed E-state index contributed by atoms with van der Waals surface area (Å²) >= 11 is 1.73. The summed E-state index contributed by atoms with van der Waals surface area (Å²) in [4.78, 5) is 15.4. The second kappa shape index (κ2) is 7.91. The van der Waals surface area contributed by atoms with Gasteiger partial charge in [-0.25, -0.2) is 15.0 Å². The molecule has 0 atom stereocenters. The van der Waals surface area contributed by atoms with Crippen molar-refractivity contribution in [3.8, 4) is 0 Å². The number of hydrogen-bond donors (Lipinski definition) is 1. The molecule has 1 aliphatic rings. The van der Waals surface area contributed by atoms with Crippen LogP contribution in [0.4, 0.5) is 5.82 Å². The Bertz CT molecular complexity index is 995. The number of anilines is 1. The van der Waals surface area contributed by atoms with Crippen LogP contribution in [0.2, 0.25) is 0 Å². The van der Waals surface area contributed by atoms with Gasteiger partial charge in [0.15, 0.2) is 0 Å². The normalized spacial score (nSPS) is 15.9. The van der Waals surface area contributed by atoms with Gasteiger partial charge in [-0.3, -0.25) is 0 Å². The lowest BCUT2D eigenvalue weighted by atomic mass is 9.88. The molecule has 0 fully saturated rings. The first-order chi connectivity index (χ1) is 13.5. The Morgan fingerprint density at radius 3 is 2.79 bits per heavy atom. The highest BCUT2D eigenvalue weighted by molar-refractivity contribution is 7.26. The molecule has 28 heavy (non-hydrogen) atoms. The quantitative estimate of drug-likeness (QED) is 0.522. The topological polar surface area (TPSA) is 59.9 Å². The fourth-order valence-corrected chi connectivity index (χ4v) is 5.17. The molecule has 4 rings (SSSR count). The molecule has 0 unspecified atom stereocenters. The van der Waals surface area contributed by atoms with E-state index in [1.54, 1.807) is 17.7 Å². The van der Waals surface area contributed by atoms with E-state index in [9.17, 15) is 0 Å². The van der Waals surface area contributed by atoms with E-state index in [1.165, 1.54) is 35.0 Å².